The summed E-state index contributed by atoms with van der Waals surface area (Å²) in [6.45, 7) is 13.6. The highest BCUT2D eigenvalue weighted by molar-refractivity contribution is 5.89. The second kappa shape index (κ2) is 16.4. The number of ether oxygens (including phenoxy) is 5. The number of carbonyl (C=O) groups is 5. The van der Waals surface area contributed by atoms with Gasteiger partial charge in [-0.05, 0) is 56.5 Å². The summed E-state index contributed by atoms with van der Waals surface area (Å²) in [4.78, 5) is 67.7. The molecule has 4 aliphatic rings. The molecule has 2 amide bonds. The van der Waals surface area contributed by atoms with Gasteiger partial charge in [0.2, 0.25) is 0 Å². The van der Waals surface area contributed by atoms with Crippen molar-refractivity contribution in [3.05, 3.63) is 82.9 Å². The van der Waals surface area contributed by atoms with Crippen molar-refractivity contribution >= 4 is 29.9 Å². The number of hydrogen-bond donors (Lipinski definition) is 6. The maximum atomic E-state index is 14.3. The van der Waals surface area contributed by atoms with Crippen LogP contribution in [0.1, 0.15) is 97.1 Å². The fourth-order valence-corrected chi connectivity index (χ4v) is 10.1. The molecule has 0 spiro atoms. The van der Waals surface area contributed by atoms with Crippen molar-refractivity contribution < 1.29 is 68.1 Å². The fourth-order valence-electron chi connectivity index (χ4n) is 10.1. The van der Waals surface area contributed by atoms with Crippen LogP contribution >= 0.6 is 0 Å². The number of aliphatic hydroxyl groups excluding tert-OH is 3. The summed E-state index contributed by atoms with van der Waals surface area (Å²) in [6.07, 6.45) is -11.8. The zero-order valence-corrected chi connectivity index (χ0v) is 36.0. The minimum atomic E-state index is -2.35. The van der Waals surface area contributed by atoms with Gasteiger partial charge in [0.05, 0.1) is 30.2 Å². The van der Waals surface area contributed by atoms with Crippen LogP contribution in [0.15, 0.2) is 71.8 Å². The number of carbonyl (C=O) groups excluding carboxylic acids is 5. The number of rotatable bonds is 9. The van der Waals surface area contributed by atoms with Gasteiger partial charge in [-0.3, -0.25) is 9.59 Å². The Balaban J connectivity index is 1.53. The number of fused-ring (bicyclic) bond motifs is 5. The van der Waals surface area contributed by atoms with Crippen molar-refractivity contribution in [2.24, 2.45) is 16.7 Å². The molecule has 2 aromatic carbocycles. The highest BCUT2D eigenvalue weighted by atomic mass is 16.6. The van der Waals surface area contributed by atoms with Crippen molar-refractivity contribution in [2.75, 3.05) is 6.61 Å². The summed E-state index contributed by atoms with van der Waals surface area (Å²) in [5, 5.41) is 55.7. The summed E-state index contributed by atoms with van der Waals surface area (Å²) in [6, 6.07) is 14.2. The minimum absolute atomic E-state index is 0.0918. The summed E-state index contributed by atoms with van der Waals surface area (Å²) >= 11 is 0. The standard InChI is InChI=1S/C45H58N2O14/c1-23-28(59-39(54)33(51)32(26-16-12-10-13-17-26)46-40(55)47-41(4,5)6)21-45(56)37(60-38(53)27-18-14-11-15-19-27)35-43(9,29(50)20-30-44(35,22-57-30)61-25(3)49)36(52)34(58-24(2)48)31(23)42(45,7)8/h10-19,28-30,32-37,50-52,56H,20-22H2,1-9H3,(H2,46,47,55)/t28-,29-,30+,32-,33+,34+,35-,36-,37-,43+,44-,45+/m0/s1. The molecule has 2 bridgehead atoms. The molecular formula is C45H58N2O14. The highest BCUT2D eigenvalue weighted by Crippen LogP contribution is 2.65. The number of benzene rings is 2. The van der Waals surface area contributed by atoms with Gasteiger partial charge in [0.1, 0.15) is 30.0 Å². The molecule has 3 fully saturated rings. The molecule has 6 rings (SSSR count). The van der Waals surface area contributed by atoms with E-state index in [1.807, 2.05) is 0 Å². The molecule has 0 aromatic heterocycles. The Morgan fingerprint density at radius 3 is 2.03 bits per heavy atom. The molecule has 3 aliphatic carbocycles. The predicted octanol–water partition coefficient (Wildman–Crippen LogP) is 3.20. The van der Waals surface area contributed by atoms with E-state index in [0.29, 0.717) is 5.56 Å². The molecule has 6 N–H and O–H groups in total. The van der Waals surface area contributed by atoms with Crippen LogP contribution in [0.3, 0.4) is 0 Å². The minimum Gasteiger partial charge on any atom is -0.456 e. The molecule has 16 nitrogen and oxygen atoms in total. The Morgan fingerprint density at radius 1 is 0.885 bits per heavy atom. The molecule has 0 unspecified atom stereocenters. The number of esters is 4. The Bertz CT molecular complexity index is 2050. The van der Waals surface area contributed by atoms with E-state index in [9.17, 15) is 44.4 Å². The van der Waals surface area contributed by atoms with Crippen LogP contribution < -0.4 is 10.6 Å². The highest BCUT2D eigenvalue weighted by Gasteiger charge is 2.78. The monoisotopic (exact) mass is 850 g/mol. The van der Waals surface area contributed by atoms with Gasteiger partial charge in [0, 0.05) is 43.1 Å². The lowest BCUT2D eigenvalue weighted by Gasteiger charge is -2.69. The molecule has 1 aliphatic heterocycles. The number of hydrogen-bond acceptors (Lipinski definition) is 14. The van der Waals surface area contributed by atoms with Gasteiger partial charge in [-0.1, -0.05) is 69.3 Å². The maximum Gasteiger partial charge on any atom is 0.338 e. The van der Waals surface area contributed by atoms with E-state index < -0.39 is 119 Å². The van der Waals surface area contributed by atoms with Crippen molar-refractivity contribution in [1.29, 1.82) is 0 Å². The average molecular weight is 851 g/mol. The van der Waals surface area contributed by atoms with E-state index in [4.69, 9.17) is 23.7 Å². The lowest BCUT2D eigenvalue weighted by molar-refractivity contribution is -0.365. The van der Waals surface area contributed by atoms with Gasteiger partial charge in [-0.2, -0.15) is 0 Å². The van der Waals surface area contributed by atoms with E-state index in [-0.39, 0.29) is 29.7 Å². The third-order valence-corrected chi connectivity index (χ3v) is 13.2. The summed E-state index contributed by atoms with van der Waals surface area (Å²) in [5.41, 5.74) is -7.39. The summed E-state index contributed by atoms with van der Waals surface area (Å²) < 4.78 is 30.5. The zero-order valence-electron chi connectivity index (χ0n) is 36.0. The number of amides is 2. The number of aliphatic hydroxyl groups is 4. The van der Waals surface area contributed by atoms with E-state index in [2.05, 4.69) is 10.6 Å². The molecule has 16 heteroatoms. The van der Waals surface area contributed by atoms with Crippen molar-refractivity contribution in [3.63, 3.8) is 0 Å². The Labute approximate surface area is 354 Å². The SMILES string of the molecule is CC(=O)O[C@@H]1C2=C(C)[C@@H](OC(=O)[C@H](O)[C@@H](NC(=O)NC(C)(C)C)c3ccccc3)C[C@@](O)([C@@H](OC(=O)c3ccccc3)[C@@H]3[C@]4(OC(C)=O)CO[C@@H]4C[C@H](O)[C@@]3(C)[C@H]1O)C2(C)C. The first kappa shape index (κ1) is 45.7. The second-order valence-corrected chi connectivity index (χ2v) is 18.6. The lowest BCUT2D eigenvalue weighted by Crippen LogP contribution is -2.82. The summed E-state index contributed by atoms with van der Waals surface area (Å²) in [5.74, 6) is -5.15. The van der Waals surface area contributed by atoms with Gasteiger partial charge < -0.3 is 54.7 Å². The Morgan fingerprint density at radius 2 is 1.49 bits per heavy atom. The van der Waals surface area contributed by atoms with Gasteiger partial charge in [-0.25, -0.2) is 14.4 Å². The first-order valence-electron chi connectivity index (χ1n) is 20.4. The van der Waals surface area contributed by atoms with Gasteiger partial charge in [0.15, 0.2) is 17.8 Å². The molecule has 332 valence electrons. The molecular weight excluding hydrogens is 792 g/mol. The van der Waals surface area contributed by atoms with E-state index in [0.717, 1.165) is 6.92 Å². The third kappa shape index (κ3) is 8.04. The molecule has 12 atom stereocenters. The Kier molecular flexibility index (Phi) is 12.3. The largest absolute Gasteiger partial charge is 0.456 e. The van der Waals surface area contributed by atoms with E-state index >= 15 is 0 Å². The molecule has 1 heterocycles. The summed E-state index contributed by atoms with van der Waals surface area (Å²) in [7, 11) is 0. The molecule has 61 heavy (non-hydrogen) atoms. The maximum absolute atomic E-state index is 14.3. The van der Waals surface area contributed by atoms with E-state index in [1.165, 1.54) is 26.0 Å². The quantitative estimate of drug-likeness (QED) is 0.121. The Hall–Kier alpha value is -4.87. The number of nitrogens with one attached hydrogen (secondary N) is 2. The fraction of sp³-hybridized carbons (Fsp3) is 0.578. The second-order valence-electron chi connectivity index (χ2n) is 18.6. The molecule has 0 radical (unpaired) electrons. The van der Waals surface area contributed by atoms with Crippen LogP contribution in [0.25, 0.3) is 0 Å². The molecule has 2 saturated carbocycles. The van der Waals surface area contributed by atoms with E-state index in [1.54, 1.807) is 90.1 Å². The zero-order chi connectivity index (χ0) is 45.0. The normalized spacial score (nSPS) is 33.7. The smallest absolute Gasteiger partial charge is 0.338 e. The average Bonchev–Trinajstić information content (AvgIpc) is 3.17. The molecule has 2 aromatic rings. The van der Waals surface area contributed by atoms with Gasteiger partial charge in [0.25, 0.3) is 0 Å². The van der Waals surface area contributed by atoms with Gasteiger partial charge in [-0.15, -0.1) is 0 Å². The van der Waals surface area contributed by atoms with Crippen LogP contribution in [0, 0.1) is 16.7 Å². The van der Waals surface area contributed by atoms with Crippen LogP contribution in [-0.4, -0.2) is 116 Å². The van der Waals surface area contributed by atoms with Crippen molar-refractivity contribution in [1.82, 2.24) is 10.6 Å². The third-order valence-electron chi connectivity index (χ3n) is 13.2. The number of urea groups is 1. The van der Waals surface area contributed by atoms with Crippen molar-refractivity contribution in [2.45, 2.75) is 141 Å². The molecule has 1 saturated heterocycles. The first-order valence-corrected chi connectivity index (χ1v) is 20.4. The van der Waals surface area contributed by atoms with Crippen LogP contribution in [0.4, 0.5) is 4.79 Å². The van der Waals surface area contributed by atoms with Crippen LogP contribution in [0.2, 0.25) is 0 Å². The lowest BCUT2D eigenvalue weighted by atomic mass is 9.44. The predicted molar refractivity (Wildman–Crippen MR) is 216 cm³/mol. The van der Waals surface area contributed by atoms with Crippen molar-refractivity contribution in [3.8, 4) is 0 Å². The van der Waals surface area contributed by atoms with Gasteiger partial charge >= 0.3 is 29.9 Å². The first-order chi connectivity index (χ1) is 28.4. The topological polar surface area (TPSA) is 236 Å². The van der Waals surface area contributed by atoms with Crippen LogP contribution in [-0.2, 0) is 38.1 Å². The van der Waals surface area contributed by atoms with Crippen LogP contribution in [0.5, 0.6) is 0 Å².